The smallest absolute Gasteiger partial charge is 0.256 e. The maximum Gasteiger partial charge on any atom is 0.256 e. The number of aryl methyl sites for hydroxylation is 1. The first-order valence-electron chi connectivity index (χ1n) is 10.1. The van der Waals surface area contributed by atoms with Crippen molar-refractivity contribution in [3.8, 4) is 11.1 Å². The van der Waals surface area contributed by atoms with E-state index in [2.05, 4.69) is 10.1 Å². The third kappa shape index (κ3) is 2.92. The first-order chi connectivity index (χ1) is 15.2. The molecule has 0 unspecified atom stereocenters. The number of hydrogen-bond donors (Lipinski definition) is 0. The molecule has 1 aliphatic rings. The molecular formula is C22H15F3N4O. The molecular weight excluding hydrogens is 393 g/mol. The Bertz CT molecular complexity index is 1400. The summed E-state index contributed by atoms with van der Waals surface area (Å²) in [6.45, 7) is -2.96. The summed E-state index contributed by atoms with van der Waals surface area (Å²) in [4.78, 5) is 17.3. The average Bonchev–Trinajstić information content (AvgIpc) is 3.19. The van der Waals surface area contributed by atoms with Gasteiger partial charge in [0.2, 0.25) is 0 Å². The van der Waals surface area contributed by atoms with Crippen LogP contribution in [0, 0.1) is 17.5 Å². The lowest BCUT2D eigenvalue weighted by Crippen LogP contribution is -2.24. The van der Waals surface area contributed by atoms with Crippen molar-refractivity contribution in [1.29, 1.82) is 0 Å². The molecule has 0 N–H and O–H groups in total. The number of benzene rings is 2. The van der Waals surface area contributed by atoms with E-state index < -0.39 is 42.0 Å². The summed E-state index contributed by atoms with van der Waals surface area (Å²) < 4.78 is 62.1. The van der Waals surface area contributed by atoms with Crippen molar-refractivity contribution >= 4 is 16.8 Å². The van der Waals surface area contributed by atoms with Gasteiger partial charge in [0, 0.05) is 36.5 Å². The van der Waals surface area contributed by atoms with Crippen molar-refractivity contribution in [2.24, 2.45) is 7.05 Å². The van der Waals surface area contributed by atoms with Crippen molar-refractivity contribution in [2.75, 3.05) is 0 Å². The van der Waals surface area contributed by atoms with E-state index in [0.717, 1.165) is 17.0 Å². The molecule has 0 atom stereocenters. The van der Waals surface area contributed by atoms with E-state index in [1.807, 2.05) is 0 Å². The van der Waals surface area contributed by atoms with Crippen LogP contribution in [0.1, 0.15) is 24.4 Å². The monoisotopic (exact) mass is 410 g/mol. The summed E-state index contributed by atoms with van der Waals surface area (Å²) in [5.41, 5.74) is 0.185. The molecule has 0 fully saturated rings. The van der Waals surface area contributed by atoms with Crippen LogP contribution in [0.15, 0.2) is 48.8 Å². The fourth-order valence-corrected chi connectivity index (χ4v) is 3.62. The minimum atomic E-state index is -2.32. The van der Waals surface area contributed by atoms with E-state index in [0.29, 0.717) is 10.9 Å². The van der Waals surface area contributed by atoms with Crippen LogP contribution in [0.25, 0.3) is 22.0 Å². The lowest BCUT2D eigenvalue weighted by molar-refractivity contribution is 0.0763. The largest absolute Gasteiger partial charge is 0.328 e. The summed E-state index contributed by atoms with van der Waals surface area (Å²) in [7, 11) is 1.65. The number of carbonyl (C=O) groups excluding carboxylic acids is 1. The number of rotatable bonds is 3. The molecule has 4 aromatic rings. The third-order valence-electron chi connectivity index (χ3n) is 5.00. The van der Waals surface area contributed by atoms with Crippen LogP contribution in [0.3, 0.4) is 0 Å². The van der Waals surface area contributed by atoms with Crippen LogP contribution in [0.5, 0.6) is 0 Å². The molecule has 0 bridgehead atoms. The molecule has 2 aromatic heterocycles. The highest BCUT2D eigenvalue weighted by Gasteiger charge is 2.29. The van der Waals surface area contributed by atoms with E-state index in [-0.39, 0.29) is 22.4 Å². The molecule has 2 aromatic carbocycles. The van der Waals surface area contributed by atoms with Gasteiger partial charge in [-0.3, -0.25) is 14.5 Å². The second kappa shape index (κ2) is 6.69. The number of hydrogen-bond acceptors (Lipinski definition) is 3. The summed E-state index contributed by atoms with van der Waals surface area (Å²) in [5.74, 6) is -3.26. The van der Waals surface area contributed by atoms with Crippen molar-refractivity contribution < 1.29 is 20.7 Å². The Morgan fingerprint density at radius 3 is 2.63 bits per heavy atom. The summed E-state index contributed by atoms with van der Waals surface area (Å²) in [6, 6.07) is 7.39. The molecule has 3 heterocycles. The van der Waals surface area contributed by atoms with E-state index in [1.165, 1.54) is 35.1 Å². The molecule has 8 heteroatoms. The fraction of sp³-hybridized carbons (Fsp3) is 0.136. The zero-order valence-electron chi connectivity index (χ0n) is 17.7. The maximum atomic E-state index is 15.0. The molecule has 5 nitrogen and oxygen atoms in total. The topological polar surface area (TPSA) is 51.0 Å². The van der Waals surface area contributed by atoms with Gasteiger partial charge < -0.3 is 4.90 Å². The minimum absolute atomic E-state index is 0.0497. The van der Waals surface area contributed by atoms with Crippen molar-refractivity contribution in [2.45, 2.75) is 13.0 Å². The number of halogens is 3. The molecule has 1 amide bonds. The normalized spacial score (nSPS) is 16.0. The summed E-state index contributed by atoms with van der Waals surface area (Å²) in [6.07, 6.45) is 2.97. The van der Waals surface area contributed by atoms with Gasteiger partial charge in [0.25, 0.3) is 5.91 Å². The molecule has 1 aliphatic heterocycles. The number of fused-ring (bicyclic) bond motifs is 2. The lowest BCUT2D eigenvalue weighted by atomic mass is 9.99. The predicted octanol–water partition coefficient (Wildman–Crippen LogP) is 4.21. The number of carbonyl (C=O) groups is 1. The quantitative estimate of drug-likeness (QED) is 0.509. The van der Waals surface area contributed by atoms with Crippen LogP contribution in [-0.4, -0.2) is 25.6 Å². The molecule has 150 valence electrons. The summed E-state index contributed by atoms with van der Waals surface area (Å²) >= 11 is 0. The highest BCUT2D eigenvalue weighted by Crippen LogP contribution is 2.32. The zero-order valence-corrected chi connectivity index (χ0v) is 15.7. The van der Waals surface area contributed by atoms with E-state index in [9.17, 15) is 9.18 Å². The second-order valence-corrected chi connectivity index (χ2v) is 7.01. The maximum absolute atomic E-state index is 15.0. The number of pyridine rings is 1. The predicted molar refractivity (Wildman–Crippen MR) is 104 cm³/mol. The average molecular weight is 410 g/mol. The highest BCUT2D eigenvalue weighted by atomic mass is 19.1. The molecule has 30 heavy (non-hydrogen) atoms. The van der Waals surface area contributed by atoms with E-state index >= 15 is 8.78 Å². The molecule has 0 saturated carbocycles. The Labute approximate surface area is 172 Å². The SMILES string of the molecule is [2H]C1([2H])c2ncccc2C(=O)N1Cc1c(F)cc(-c2cc(F)cc3nn(C)cc23)cc1F. The Morgan fingerprint density at radius 1 is 1.13 bits per heavy atom. The Balaban J connectivity index is 1.56. The second-order valence-electron chi connectivity index (χ2n) is 7.01. The van der Waals surface area contributed by atoms with Crippen molar-refractivity contribution in [3.05, 3.63) is 83.1 Å². The van der Waals surface area contributed by atoms with Gasteiger partial charge in [-0.25, -0.2) is 13.2 Å². The van der Waals surface area contributed by atoms with Crippen LogP contribution < -0.4 is 0 Å². The van der Waals surface area contributed by atoms with Crippen molar-refractivity contribution in [3.63, 3.8) is 0 Å². The molecule has 0 spiro atoms. The number of amides is 1. The van der Waals surface area contributed by atoms with Gasteiger partial charge in [0.15, 0.2) is 0 Å². The third-order valence-corrected chi connectivity index (χ3v) is 5.00. The standard InChI is InChI=1S/C22H15F3N4O/c1-28-9-16-15(7-13(23)8-20(16)27-28)12-5-18(24)17(19(25)6-12)10-29-11-21-14(22(29)30)3-2-4-26-21/h2-9H,10-11H2,1H3/i11D2. The molecule has 0 radical (unpaired) electrons. The molecule has 0 aliphatic carbocycles. The van der Waals surface area contributed by atoms with Crippen molar-refractivity contribution in [1.82, 2.24) is 19.7 Å². The molecule has 0 saturated heterocycles. The number of nitrogens with zero attached hydrogens (tertiary/aromatic N) is 4. The fourth-order valence-electron chi connectivity index (χ4n) is 3.62. The van der Waals surface area contributed by atoms with Gasteiger partial charge in [-0.05, 0) is 41.5 Å². The van der Waals surface area contributed by atoms with Gasteiger partial charge in [-0.1, -0.05) is 0 Å². The van der Waals surface area contributed by atoms with E-state index in [4.69, 9.17) is 2.74 Å². The van der Waals surface area contributed by atoms with Gasteiger partial charge in [-0.2, -0.15) is 5.10 Å². The van der Waals surface area contributed by atoms with Crippen LogP contribution in [-0.2, 0) is 20.1 Å². The highest BCUT2D eigenvalue weighted by molar-refractivity contribution is 5.97. The first kappa shape index (κ1) is 16.2. The van der Waals surface area contributed by atoms with Crippen LogP contribution in [0.4, 0.5) is 13.2 Å². The summed E-state index contributed by atoms with van der Waals surface area (Å²) in [5, 5.41) is 4.65. The Kier molecular flexibility index (Phi) is 3.60. The van der Waals surface area contributed by atoms with Crippen LogP contribution >= 0.6 is 0 Å². The Morgan fingerprint density at radius 2 is 1.90 bits per heavy atom. The zero-order chi connectivity index (χ0) is 22.8. The van der Waals surface area contributed by atoms with Gasteiger partial charge >= 0.3 is 0 Å². The van der Waals surface area contributed by atoms with Crippen LogP contribution in [0.2, 0.25) is 0 Å². The minimum Gasteiger partial charge on any atom is -0.328 e. The first-order valence-corrected chi connectivity index (χ1v) is 9.05. The van der Waals surface area contributed by atoms with Gasteiger partial charge in [0.05, 0.1) is 32.6 Å². The van der Waals surface area contributed by atoms with Gasteiger partial charge in [0.1, 0.15) is 17.5 Å². The molecule has 5 rings (SSSR count). The lowest BCUT2D eigenvalue weighted by Gasteiger charge is -2.17. The van der Waals surface area contributed by atoms with E-state index in [1.54, 1.807) is 13.2 Å². The van der Waals surface area contributed by atoms with Gasteiger partial charge in [-0.15, -0.1) is 0 Å². The number of aromatic nitrogens is 3. The Hall–Kier alpha value is -3.68.